The summed E-state index contributed by atoms with van der Waals surface area (Å²) in [4.78, 5) is 11.9. The molecule has 0 unspecified atom stereocenters. The third-order valence-electron chi connectivity index (χ3n) is 7.62. The van der Waals surface area contributed by atoms with Gasteiger partial charge in [0.2, 0.25) is 0 Å². The van der Waals surface area contributed by atoms with E-state index in [9.17, 15) is 4.79 Å². The monoisotopic (exact) mass is 479 g/mol. The van der Waals surface area contributed by atoms with Crippen molar-refractivity contribution in [3.63, 3.8) is 0 Å². The molecule has 0 aliphatic carbocycles. The minimum Gasteiger partial charge on any atom is -0.300 e. The van der Waals surface area contributed by atoms with Gasteiger partial charge in [0.25, 0.3) is 0 Å². The van der Waals surface area contributed by atoms with E-state index in [-0.39, 0.29) is 0 Å². The Labute approximate surface area is 217 Å². The molecule has 0 radical (unpaired) electrons. The van der Waals surface area contributed by atoms with Gasteiger partial charge in [-0.3, -0.25) is 4.79 Å². The average Bonchev–Trinajstić information content (AvgIpc) is 2.84. The van der Waals surface area contributed by atoms with Crippen LogP contribution in [0.1, 0.15) is 206 Å². The van der Waals surface area contributed by atoms with E-state index in [1.165, 1.54) is 167 Å². The smallest absolute Gasteiger partial charge is 0.132 e. The number of unbranched alkanes of at least 4 members (excludes halogenated alkanes) is 26. The van der Waals surface area contributed by atoms with E-state index in [0.717, 1.165) is 25.7 Å². The number of rotatable bonds is 30. The van der Waals surface area contributed by atoms with Crippen LogP contribution < -0.4 is 0 Å². The van der Waals surface area contributed by atoms with Gasteiger partial charge in [-0.25, -0.2) is 0 Å². The van der Waals surface area contributed by atoms with Crippen molar-refractivity contribution in [2.75, 3.05) is 0 Å². The first-order valence-corrected chi connectivity index (χ1v) is 16.3. The van der Waals surface area contributed by atoms with E-state index in [4.69, 9.17) is 0 Å². The summed E-state index contributed by atoms with van der Waals surface area (Å²) in [6.07, 6.45) is 40.7. The number of carbonyl (C=O) groups is 1. The first-order chi connectivity index (χ1) is 16.8. The van der Waals surface area contributed by atoms with Crippen molar-refractivity contribution in [3.8, 4) is 0 Å². The molecule has 1 nitrogen and oxygen atoms in total. The van der Waals surface area contributed by atoms with Crippen LogP contribution in [-0.4, -0.2) is 5.78 Å². The lowest BCUT2D eigenvalue weighted by Gasteiger charge is -2.04. The minimum atomic E-state index is 0.514. The molecule has 0 aliphatic rings. The van der Waals surface area contributed by atoms with Crippen molar-refractivity contribution < 1.29 is 4.79 Å². The molecule has 0 aromatic carbocycles. The summed E-state index contributed by atoms with van der Waals surface area (Å²) in [6.45, 7) is 4.54. The molecular formula is C33H66O. The van der Waals surface area contributed by atoms with Gasteiger partial charge in [-0.2, -0.15) is 0 Å². The first-order valence-electron chi connectivity index (χ1n) is 16.3. The van der Waals surface area contributed by atoms with E-state index >= 15 is 0 Å². The van der Waals surface area contributed by atoms with Crippen LogP contribution in [0.5, 0.6) is 0 Å². The lowest BCUT2D eigenvalue weighted by molar-refractivity contribution is -0.119. The summed E-state index contributed by atoms with van der Waals surface area (Å²) < 4.78 is 0. The summed E-state index contributed by atoms with van der Waals surface area (Å²) in [6, 6.07) is 0. The highest BCUT2D eigenvalue weighted by Crippen LogP contribution is 2.16. The Hall–Kier alpha value is -0.330. The van der Waals surface area contributed by atoms with Crippen LogP contribution >= 0.6 is 0 Å². The molecule has 204 valence electrons. The zero-order valence-corrected chi connectivity index (χ0v) is 24.1. The Kier molecular flexibility index (Phi) is 30.4. The number of carbonyl (C=O) groups excluding carboxylic acids is 1. The van der Waals surface area contributed by atoms with Crippen molar-refractivity contribution in [2.24, 2.45) is 0 Å². The Morgan fingerprint density at radius 1 is 0.294 bits per heavy atom. The summed E-state index contributed by atoms with van der Waals surface area (Å²) >= 11 is 0. The Balaban J connectivity index is 3.08. The van der Waals surface area contributed by atoms with Crippen molar-refractivity contribution in [1.29, 1.82) is 0 Å². The van der Waals surface area contributed by atoms with Gasteiger partial charge < -0.3 is 0 Å². The van der Waals surface area contributed by atoms with Gasteiger partial charge in [0, 0.05) is 12.8 Å². The molecule has 0 aromatic heterocycles. The Morgan fingerprint density at radius 2 is 0.471 bits per heavy atom. The lowest BCUT2D eigenvalue weighted by atomic mass is 10.0. The molecule has 0 N–H and O–H groups in total. The molecule has 34 heavy (non-hydrogen) atoms. The largest absolute Gasteiger partial charge is 0.300 e. The quantitative estimate of drug-likeness (QED) is 0.0938. The molecule has 0 rings (SSSR count). The first kappa shape index (κ1) is 33.7. The Bertz CT molecular complexity index is 375. The minimum absolute atomic E-state index is 0.514. The molecule has 0 fully saturated rings. The number of hydrogen-bond acceptors (Lipinski definition) is 1. The summed E-state index contributed by atoms with van der Waals surface area (Å²) in [5, 5.41) is 0. The molecular weight excluding hydrogens is 412 g/mol. The summed E-state index contributed by atoms with van der Waals surface area (Å²) in [5.74, 6) is 0.514. The lowest BCUT2D eigenvalue weighted by Crippen LogP contribution is -1.97. The van der Waals surface area contributed by atoms with E-state index < -0.39 is 0 Å². The predicted octanol–water partition coefficient (Wildman–Crippen LogP) is 12.3. The molecule has 0 heterocycles. The molecule has 0 atom stereocenters. The second kappa shape index (κ2) is 30.7. The zero-order valence-electron chi connectivity index (χ0n) is 24.1. The average molecular weight is 479 g/mol. The van der Waals surface area contributed by atoms with Crippen LogP contribution in [0.2, 0.25) is 0 Å². The van der Waals surface area contributed by atoms with Gasteiger partial charge in [0.15, 0.2) is 0 Å². The van der Waals surface area contributed by atoms with Gasteiger partial charge in [0.05, 0.1) is 0 Å². The normalized spacial score (nSPS) is 11.4. The third kappa shape index (κ3) is 29.7. The van der Waals surface area contributed by atoms with Gasteiger partial charge in [0.1, 0.15) is 5.78 Å². The fourth-order valence-electron chi connectivity index (χ4n) is 5.16. The molecule has 1 heteroatoms. The van der Waals surface area contributed by atoms with Gasteiger partial charge in [-0.15, -0.1) is 0 Å². The van der Waals surface area contributed by atoms with Crippen LogP contribution in [0.25, 0.3) is 0 Å². The van der Waals surface area contributed by atoms with E-state index in [1.807, 2.05) is 0 Å². The van der Waals surface area contributed by atoms with Crippen LogP contribution in [0.4, 0.5) is 0 Å². The molecule has 0 saturated carbocycles. The van der Waals surface area contributed by atoms with Crippen molar-refractivity contribution in [3.05, 3.63) is 0 Å². The Morgan fingerprint density at radius 3 is 0.676 bits per heavy atom. The highest BCUT2D eigenvalue weighted by molar-refractivity contribution is 5.78. The maximum absolute atomic E-state index is 11.9. The molecule has 0 aromatic rings. The maximum atomic E-state index is 11.9. The fourth-order valence-corrected chi connectivity index (χ4v) is 5.16. The standard InChI is InChI=1S/C33H66O/c1-3-5-7-9-10-11-12-13-14-15-16-17-18-19-20-21-22-23-24-25-26-28-30-32-33(34)31-29-27-8-6-4-2/h3-32H2,1-2H3. The van der Waals surface area contributed by atoms with Crippen LogP contribution in [0.3, 0.4) is 0 Å². The van der Waals surface area contributed by atoms with Crippen LogP contribution in [0.15, 0.2) is 0 Å². The van der Waals surface area contributed by atoms with E-state index in [0.29, 0.717) is 5.78 Å². The SMILES string of the molecule is CCCCCCCCCCCCCCCCCCCCCCCCCC(=O)CCCCCCC. The molecule has 0 aliphatic heterocycles. The summed E-state index contributed by atoms with van der Waals surface area (Å²) in [5.41, 5.74) is 0. The van der Waals surface area contributed by atoms with Crippen LogP contribution in [-0.2, 0) is 4.79 Å². The number of ketones is 1. The van der Waals surface area contributed by atoms with Crippen molar-refractivity contribution in [2.45, 2.75) is 206 Å². The highest BCUT2D eigenvalue weighted by atomic mass is 16.1. The second-order valence-electron chi connectivity index (χ2n) is 11.2. The second-order valence-corrected chi connectivity index (χ2v) is 11.2. The number of hydrogen-bond donors (Lipinski definition) is 0. The van der Waals surface area contributed by atoms with Gasteiger partial charge in [-0.1, -0.05) is 181 Å². The predicted molar refractivity (Wildman–Crippen MR) is 155 cm³/mol. The van der Waals surface area contributed by atoms with Crippen molar-refractivity contribution in [1.82, 2.24) is 0 Å². The molecule has 0 saturated heterocycles. The fraction of sp³-hybridized carbons (Fsp3) is 0.970. The molecule has 0 spiro atoms. The van der Waals surface area contributed by atoms with Crippen molar-refractivity contribution >= 4 is 5.78 Å². The molecule has 0 amide bonds. The third-order valence-corrected chi connectivity index (χ3v) is 7.62. The van der Waals surface area contributed by atoms with Gasteiger partial charge in [-0.05, 0) is 12.8 Å². The number of Topliss-reactive ketones (excluding diaryl/α,β-unsaturated/α-hetero) is 1. The van der Waals surface area contributed by atoms with E-state index in [2.05, 4.69) is 13.8 Å². The topological polar surface area (TPSA) is 17.1 Å². The maximum Gasteiger partial charge on any atom is 0.132 e. The molecule has 0 bridgehead atoms. The zero-order chi connectivity index (χ0) is 24.8. The summed E-state index contributed by atoms with van der Waals surface area (Å²) in [7, 11) is 0. The van der Waals surface area contributed by atoms with Gasteiger partial charge >= 0.3 is 0 Å². The highest BCUT2D eigenvalue weighted by Gasteiger charge is 2.02. The van der Waals surface area contributed by atoms with Crippen LogP contribution in [0, 0.1) is 0 Å². The van der Waals surface area contributed by atoms with E-state index in [1.54, 1.807) is 0 Å².